The molecule has 37 heavy (non-hydrogen) atoms. The Balaban J connectivity index is 1.31. The summed E-state index contributed by atoms with van der Waals surface area (Å²) in [5.74, 6) is -2.90. The molecule has 4 aromatic heterocycles. The monoisotopic (exact) mass is 512 g/mol. The number of ether oxygens (including phenoxy) is 2. The van der Waals surface area contributed by atoms with Gasteiger partial charge < -0.3 is 20.1 Å². The molecule has 2 saturated heterocycles. The summed E-state index contributed by atoms with van der Waals surface area (Å²) in [6, 6.07) is 4.50. The topological polar surface area (TPSA) is 110 Å². The molecule has 1 atom stereocenters. The van der Waals surface area contributed by atoms with Crippen molar-refractivity contribution >= 4 is 22.9 Å². The van der Waals surface area contributed by atoms with Crippen LogP contribution in [0.1, 0.15) is 16.8 Å². The molecule has 1 amide bonds. The minimum Gasteiger partial charge on any atom is -0.479 e. The number of hydrogen-bond donors (Lipinski definition) is 2. The number of piperidine rings is 1. The van der Waals surface area contributed by atoms with Gasteiger partial charge in [-0.25, -0.2) is 17.8 Å². The fraction of sp³-hybridized carbons (Fsp3) is 0.417. The van der Waals surface area contributed by atoms with E-state index in [2.05, 4.69) is 25.8 Å². The van der Waals surface area contributed by atoms with E-state index in [0.717, 1.165) is 11.1 Å². The molecule has 0 aliphatic carbocycles. The Morgan fingerprint density at radius 1 is 1.24 bits per heavy atom. The molecule has 2 aliphatic rings. The van der Waals surface area contributed by atoms with Crippen molar-refractivity contribution in [3.05, 3.63) is 42.4 Å². The molecule has 0 spiro atoms. The second kappa shape index (κ2) is 8.92. The van der Waals surface area contributed by atoms with Crippen LogP contribution in [0.3, 0.4) is 0 Å². The van der Waals surface area contributed by atoms with E-state index < -0.39 is 12.0 Å². The number of nitrogens with zero attached hydrogens (tertiary/aromatic N) is 6. The number of carbonyl (C=O) groups is 1. The van der Waals surface area contributed by atoms with Crippen molar-refractivity contribution in [2.24, 2.45) is 0 Å². The van der Waals surface area contributed by atoms with E-state index in [0.29, 0.717) is 36.4 Å². The summed E-state index contributed by atoms with van der Waals surface area (Å²) in [5, 5.41) is 14.1. The minimum atomic E-state index is -2.95. The average molecular weight is 513 g/mol. The summed E-state index contributed by atoms with van der Waals surface area (Å²) in [7, 11) is 3.04. The summed E-state index contributed by atoms with van der Waals surface area (Å²) >= 11 is 0. The van der Waals surface area contributed by atoms with E-state index in [1.54, 1.807) is 33.4 Å². The van der Waals surface area contributed by atoms with E-state index in [4.69, 9.17) is 9.47 Å². The number of likely N-dealkylation sites (tertiary alicyclic amines) is 1. The second-order valence-electron chi connectivity index (χ2n) is 9.26. The zero-order valence-corrected chi connectivity index (χ0v) is 20.3. The maximum atomic E-state index is 15.0. The van der Waals surface area contributed by atoms with Crippen LogP contribution in [0.5, 0.6) is 5.88 Å². The van der Waals surface area contributed by atoms with Crippen molar-refractivity contribution in [2.75, 3.05) is 45.8 Å². The van der Waals surface area contributed by atoms with Crippen LogP contribution < -0.4 is 15.4 Å². The predicted octanol–water partition coefficient (Wildman–Crippen LogP) is 1.93. The zero-order valence-electron chi connectivity index (χ0n) is 20.3. The van der Waals surface area contributed by atoms with Gasteiger partial charge in [0.1, 0.15) is 5.52 Å². The van der Waals surface area contributed by atoms with Gasteiger partial charge in [-0.2, -0.15) is 10.1 Å². The van der Waals surface area contributed by atoms with Crippen molar-refractivity contribution in [3.8, 4) is 17.0 Å². The minimum absolute atomic E-state index is 0.0600. The normalized spacial score (nSPS) is 20.2. The van der Waals surface area contributed by atoms with Crippen molar-refractivity contribution in [3.63, 3.8) is 0 Å². The van der Waals surface area contributed by atoms with Gasteiger partial charge in [0.25, 0.3) is 11.8 Å². The first kappa shape index (κ1) is 23.6. The molecule has 2 fully saturated rings. The van der Waals surface area contributed by atoms with Crippen LogP contribution in [0.4, 0.5) is 14.7 Å². The third-order valence-corrected chi connectivity index (χ3v) is 7.05. The van der Waals surface area contributed by atoms with Crippen molar-refractivity contribution in [1.82, 2.24) is 34.4 Å². The molecule has 6 heterocycles. The maximum Gasteiger partial charge on any atom is 0.280 e. The van der Waals surface area contributed by atoms with Crippen LogP contribution in [0, 0.1) is 0 Å². The van der Waals surface area contributed by atoms with E-state index in [1.165, 1.54) is 13.3 Å². The highest BCUT2D eigenvalue weighted by Gasteiger charge is 2.47. The fourth-order valence-corrected chi connectivity index (χ4v) is 4.93. The van der Waals surface area contributed by atoms with Crippen LogP contribution in [-0.2, 0) is 4.74 Å². The third kappa shape index (κ3) is 4.03. The van der Waals surface area contributed by atoms with Gasteiger partial charge in [-0.1, -0.05) is 0 Å². The molecule has 2 aliphatic heterocycles. The Morgan fingerprint density at radius 2 is 2.05 bits per heavy atom. The largest absolute Gasteiger partial charge is 0.479 e. The molecule has 11 nitrogen and oxygen atoms in total. The number of nitrogens with one attached hydrogen (secondary N) is 2. The summed E-state index contributed by atoms with van der Waals surface area (Å²) in [6.45, 7) is 1.22. The molecule has 194 valence electrons. The summed E-state index contributed by atoms with van der Waals surface area (Å²) in [6.07, 6.45) is 5.24. The molecule has 6 rings (SSSR count). The summed E-state index contributed by atoms with van der Waals surface area (Å²) in [4.78, 5) is 18.4. The number of rotatable bonds is 6. The first-order chi connectivity index (χ1) is 17.9. The van der Waals surface area contributed by atoms with Crippen LogP contribution in [0.2, 0.25) is 0 Å². The molecule has 0 bridgehead atoms. The van der Waals surface area contributed by atoms with Gasteiger partial charge in [0.15, 0.2) is 0 Å². The van der Waals surface area contributed by atoms with Gasteiger partial charge in [0.2, 0.25) is 11.8 Å². The smallest absolute Gasteiger partial charge is 0.280 e. The average Bonchev–Trinajstić information content (AvgIpc) is 3.47. The maximum absolute atomic E-state index is 15.0. The second-order valence-corrected chi connectivity index (χ2v) is 9.26. The number of methoxy groups -OCH3 is 1. The van der Waals surface area contributed by atoms with E-state index >= 15 is 0 Å². The van der Waals surface area contributed by atoms with Gasteiger partial charge in [-0.3, -0.25) is 9.69 Å². The molecule has 4 aromatic rings. The molecule has 2 N–H and O–H groups in total. The lowest BCUT2D eigenvalue weighted by Crippen LogP contribution is -2.61. The van der Waals surface area contributed by atoms with Crippen molar-refractivity contribution in [1.29, 1.82) is 0 Å². The number of fused-ring (bicyclic) bond motifs is 2. The highest BCUT2D eigenvalue weighted by Crippen LogP contribution is 2.34. The zero-order chi connectivity index (χ0) is 25.7. The Kier molecular flexibility index (Phi) is 5.68. The molecule has 0 unspecified atom stereocenters. The quantitative estimate of drug-likeness (QED) is 0.403. The predicted molar refractivity (Wildman–Crippen MR) is 130 cm³/mol. The van der Waals surface area contributed by atoms with Gasteiger partial charge in [-0.05, 0) is 30.2 Å². The van der Waals surface area contributed by atoms with Crippen LogP contribution >= 0.6 is 0 Å². The Bertz CT molecular complexity index is 1480. The van der Waals surface area contributed by atoms with Gasteiger partial charge in [0.05, 0.1) is 56.2 Å². The lowest BCUT2D eigenvalue weighted by molar-refractivity contribution is -0.131. The SMILES string of the molecule is CNC(=O)c1cnn2ccc(-c3ccn4nc(N[C@@H]5CCN(C6COC6)CC5(F)F)nc(OC)c34)cc12. The Labute approximate surface area is 210 Å². The van der Waals surface area contributed by atoms with Gasteiger partial charge >= 0.3 is 0 Å². The van der Waals surface area contributed by atoms with Gasteiger partial charge in [-0.15, -0.1) is 5.10 Å². The van der Waals surface area contributed by atoms with E-state index in [1.807, 2.05) is 18.2 Å². The van der Waals surface area contributed by atoms with Crippen LogP contribution in [0.25, 0.3) is 22.2 Å². The number of pyridine rings is 1. The number of alkyl halides is 2. The number of amides is 1. The molecular formula is C24H26F2N8O3. The molecular weight excluding hydrogens is 486 g/mol. The molecule has 0 radical (unpaired) electrons. The van der Waals surface area contributed by atoms with E-state index in [9.17, 15) is 13.6 Å². The van der Waals surface area contributed by atoms with E-state index in [-0.39, 0.29) is 36.7 Å². The number of aromatic nitrogens is 5. The highest BCUT2D eigenvalue weighted by atomic mass is 19.3. The number of anilines is 1. The lowest BCUT2D eigenvalue weighted by atomic mass is 9.98. The Morgan fingerprint density at radius 3 is 2.76 bits per heavy atom. The number of halogens is 2. The van der Waals surface area contributed by atoms with Crippen LogP contribution in [-0.4, -0.2) is 93.5 Å². The molecule has 0 saturated carbocycles. The van der Waals surface area contributed by atoms with Gasteiger partial charge in [0, 0.05) is 31.5 Å². The third-order valence-electron chi connectivity index (χ3n) is 7.05. The number of hydrogen-bond acceptors (Lipinski definition) is 8. The summed E-state index contributed by atoms with van der Waals surface area (Å²) < 4.78 is 43.9. The Hall–Kier alpha value is -3.84. The van der Waals surface area contributed by atoms with Crippen molar-refractivity contribution in [2.45, 2.75) is 24.4 Å². The molecule has 13 heteroatoms. The number of carbonyl (C=O) groups excluding carboxylic acids is 1. The lowest BCUT2D eigenvalue weighted by Gasteiger charge is -2.44. The standard InChI is InChI=1S/C24H26F2N8O3/c1-27-21(35)17-10-28-33-7-3-14(9-18(17)33)16-4-8-34-20(16)22(36-2)30-23(31-34)29-19-5-6-32(13-24(19,25)26)15-11-37-12-15/h3-4,7-10,15,19H,5-6,11-13H2,1-2H3,(H,27,35)(H,29,31)/t19-/m1/s1. The first-order valence-corrected chi connectivity index (χ1v) is 12.0. The first-order valence-electron chi connectivity index (χ1n) is 12.0. The molecule has 0 aromatic carbocycles. The van der Waals surface area contributed by atoms with Crippen molar-refractivity contribution < 1.29 is 23.0 Å². The fourth-order valence-electron chi connectivity index (χ4n) is 4.93. The highest BCUT2D eigenvalue weighted by molar-refractivity contribution is 6.01. The summed E-state index contributed by atoms with van der Waals surface area (Å²) in [5.41, 5.74) is 3.21. The van der Waals surface area contributed by atoms with Crippen LogP contribution in [0.15, 0.2) is 36.8 Å².